The number of hydrogen-bond donors (Lipinski definition) is 2. The predicted molar refractivity (Wildman–Crippen MR) is 77.6 cm³/mol. The Balaban J connectivity index is 1.50. The first-order valence-corrected chi connectivity index (χ1v) is 7.50. The largest absolute Gasteiger partial charge is 0.491 e. The van der Waals surface area contributed by atoms with Gasteiger partial charge in [-0.05, 0) is 30.9 Å². The van der Waals surface area contributed by atoms with Crippen molar-refractivity contribution in [3.05, 3.63) is 29.8 Å². The second kappa shape index (κ2) is 6.03. The molecule has 1 heterocycles. The van der Waals surface area contributed by atoms with Crippen molar-refractivity contribution in [2.75, 3.05) is 26.2 Å². The molecule has 5 nitrogen and oxygen atoms in total. The van der Waals surface area contributed by atoms with E-state index >= 15 is 0 Å². The van der Waals surface area contributed by atoms with Crippen LogP contribution < -0.4 is 4.74 Å². The average Bonchev–Trinajstić information content (AvgIpc) is 3.02. The first-order valence-electron chi connectivity index (χ1n) is 7.50. The van der Waals surface area contributed by atoms with E-state index in [4.69, 9.17) is 9.84 Å². The maximum atomic E-state index is 11.1. The molecule has 3 rings (SSSR count). The molecule has 2 N–H and O–H groups in total. The fourth-order valence-electron chi connectivity index (χ4n) is 3.57. The van der Waals surface area contributed by atoms with Crippen molar-refractivity contribution < 1.29 is 19.7 Å². The van der Waals surface area contributed by atoms with Crippen LogP contribution >= 0.6 is 0 Å². The van der Waals surface area contributed by atoms with E-state index in [9.17, 15) is 9.90 Å². The summed E-state index contributed by atoms with van der Waals surface area (Å²) in [5.74, 6) is 0.483. The number of nitrogens with zero attached hydrogens (tertiary/aromatic N) is 1. The molecule has 0 amide bonds. The molecule has 21 heavy (non-hydrogen) atoms. The number of rotatable bonds is 5. The standard InChI is InChI=1S/C16H21NO4/c18-14-6-5-11-9-17(10-13(11)14)7-8-21-15-4-2-1-3-12(15)16(19)20/h1-4,11,13-14,18H,5-10H2,(H,19,20). The highest BCUT2D eigenvalue weighted by Crippen LogP contribution is 2.37. The van der Waals surface area contributed by atoms with Crippen LogP contribution in [0, 0.1) is 11.8 Å². The van der Waals surface area contributed by atoms with Gasteiger partial charge in [0.15, 0.2) is 0 Å². The van der Waals surface area contributed by atoms with Gasteiger partial charge in [-0.3, -0.25) is 4.90 Å². The van der Waals surface area contributed by atoms with E-state index < -0.39 is 5.97 Å². The lowest BCUT2D eigenvalue weighted by molar-refractivity contribution is 0.0691. The molecule has 1 aliphatic heterocycles. The molecule has 3 atom stereocenters. The third-order valence-corrected chi connectivity index (χ3v) is 4.68. The van der Waals surface area contributed by atoms with Gasteiger partial charge in [0.05, 0.1) is 6.10 Å². The molecule has 1 saturated carbocycles. The number of likely N-dealkylation sites (tertiary alicyclic amines) is 1. The van der Waals surface area contributed by atoms with E-state index in [1.807, 2.05) is 0 Å². The number of hydrogen-bond acceptors (Lipinski definition) is 4. The van der Waals surface area contributed by atoms with Gasteiger partial charge in [0, 0.05) is 25.6 Å². The molecule has 3 unspecified atom stereocenters. The van der Waals surface area contributed by atoms with Crippen LogP contribution in [0.5, 0.6) is 5.75 Å². The van der Waals surface area contributed by atoms with Gasteiger partial charge < -0.3 is 14.9 Å². The number of aliphatic hydroxyl groups is 1. The molecule has 1 saturated heterocycles. The molecule has 0 radical (unpaired) electrons. The smallest absolute Gasteiger partial charge is 0.339 e. The summed E-state index contributed by atoms with van der Waals surface area (Å²) in [6.45, 7) is 3.19. The second-order valence-electron chi connectivity index (χ2n) is 5.98. The van der Waals surface area contributed by atoms with Crippen molar-refractivity contribution in [2.24, 2.45) is 11.8 Å². The number of carbonyl (C=O) groups is 1. The van der Waals surface area contributed by atoms with Crippen molar-refractivity contribution in [3.8, 4) is 5.75 Å². The van der Waals surface area contributed by atoms with Crippen LogP contribution in [-0.4, -0.2) is 53.4 Å². The topological polar surface area (TPSA) is 70.0 Å². The third kappa shape index (κ3) is 3.04. The second-order valence-corrected chi connectivity index (χ2v) is 5.98. The molecular weight excluding hydrogens is 270 g/mol. The highest BCUT2D eigenvalue weighted by atomic mass is 16.5. The van der Waals surface area contributed by atoms with Gasteiger partial charge in [-0.1, -0.05) is 12.1 Å². The SMILES string of the molecule is O=C(O)c1ccccc1OCCN1CC2CCC(O)C2C1. The zero-order valence-electron chi connectivity index (χ0n) is 11.9. The van der Waals surface area contributed by atoms with Crippen LogP contribution in [0.2, 0.25) is 0 Å². The van der Waals surface area contributed by atoms with E-state index in [-0.39, 0.29) is 11.7 Å². The number of para-hydroxylation sites is 1. The van der Waals surface area contributed by atoms with E-state index in [0.29, 0.717) is 24.2 Å². The van der Waals surface area contributed by atoms with Crippen LogP contribution in [0.3, 0.4) is 0 Å². The summed E-state index contributed by atoms with van der Waals surface area (Å²) in [6.07, 6.45) is 1.91. The number of benzene rings is 1. The Morgan fingerprint density at radius 2 is 2.10 bits per heavy atom. The first-order chi connectivity index (χ1) is 10.1. The van der Waals surface area contributed by atoms with Crippen molar-refractivity contribution >= 4 is 5.97 Å². The fraction of sp³-hybridized carbons (Fsp3) is 0.562. The van der Waals surface area contributed by atoms with Crippen molar-refractivity contribution in [2.45, 2.75) is 18.9 Å². The molecule has 0 aromatic heterocycles. The quantitative estimate of drug-likeness (QED) is 0.859. The lowest BCUT2D eigenvalue weighted by Crippen LogP contribution is -2.29. The van der Waals surface area contributed by atoms with Gasteiger partial charge >= 0.3 is 5.97 Å². The highest BCUT2D eigenvalue weighted by Gasteiger charge is 2.41. The number of aromatic carboxylic acids is 1. The summed E-state index contributed by atoms with van der Waals surface area (Å²) in [4.78, 5) is 13.4. The minimum Gasteiger partial charge on any atom is -0.491 e. The fourth-order valence-corrected chi connectivity index (χ4v) is 3.57. The minimum atomic E-state index is -0.968. The zero-order chi connectivity index (χ0) is 14.8. The van der Waals surface area contributed by atoms with E-state index in [1.54, 1.807) is 24.3 Å². The monoisotopic (exact) mass is 291 g/mol. The van der Waals surface area contributed by atoms with Gasteiger partial charge in [-0.25, -0.2) is 4.79 Å². The summed E-state index contributed by atoms with van der Waals surface area (Å²) in [5.41, 5.74) is 0.200. The summed E-state index contributed by atoms with van der Waals surface area (Å²) >= 11 is 0. The lowest BCUT2D eigenvalue weighted by atomic mass is 10.00. The first kappa shape index (κ1) is 14.4. The number of carboxylic acid groups (broad SMARTS) is 1. The highest BCUT2D eigenvalue weighted by molar-refractivity contribution is 5.90. The van der Waals surface area contributed by atoms with Gasteiger partial charge in [0.25, 0.3) is 0 Å². The Hall–Kier alpha value is -1.59. The maximum Gasteiger partial charge on any atom is 0.339 e. The van der Waals surface area contributed by atoms with Crippen molar-refractivity contribution in [1.82, 2.24) is 4.90 Å². The Labute approximate surface area is 124 Å². The van der Waals surface area contributed by atoms with Crippen LogP contribution in [0.15, 0.2) is 24.3 Å². The third-order valence-electron chi connectivity index (χ3n) is 4.68. The molecule has 5 heteroatoms. The van der Waals surface area contributed by atoms with Crippen LogP contribution in [0.4, 0.5) is 0 Å². The van der Waals surface area contributed by atoms with Crippen LogP contribution in [0.1, 0.15) is 23.2 Å². The Morgan fingerprint density at radius 3 is 2.86 bits per heavy atom. The molecule has 0 bridgehead atoms. The van der Waals surface area contributed by atoms with Gasteiger partial charge in [0.2, 0.25) is 0 Å². The molecular formula is C16H21NO4. The number of aliphatic hydroxyl groups excluding tert-OH is 1. The summed E-state index contributed by atoms with van der Waals surface area (Å²) in [7, 11) is 0. The number of fused-ring (bicyclic) bond motifs is 1. The number of carboxylic acids is 1. The molecule has 114 valence electrons. The van der Waals surface area contributed by atoms with Gasteiger partial charge in [-0.2, -0.15) is 0 Å². The lowest BCUT2D eigenvalue weighted by Gasteiger charge is -2.18. The normalized spacial score (nSPS) is 28.5. The average molecular weight is 291 g/mol. The van der Waals surface area contributed by atoms with E-state index in [2.05, 4.69) is 4.90 Å². The summed E-state index contributed by atoms with van der Waals surface area (Å²) in [5, 5.41) is 19.0. The zero-order valence-corrected chi connectivity index (χ0v) is 11.9. The molecule has 1 aliphatic carbocycles. The molecule has 1 aromatic rings. The van der Waals surface area contributed by atoms with Crippen molar-refractivity contribution in [1.29, 1.82) is 0 Å². The summed E-state index contributed by atoms with van der Waals surface area (Å²) < 4.78 is 5.62. The van der Waals surface area contributed by atoms with Crippen molar-refractivity contribution in [3.63, 3.8) is 0 Å². The molecule has 2 fully saturated rings. The summed E-state index contributed by atoms with van der Waals surface area (Å²) in [6, 6.07) is 6.71. The molecule has 2 aliphatic rings. The van der Waals surface area contributed by atoms with Gasteiger partial charge in [0.1, 0.15) is 17.9 Å². The Morgan fingerprint density at radius 1 is 1.29 bits per heavy atom. The Kier molecular flexibility index (Phi) is 4.12. The maximum absolute atomic E-state index is 11.1. The van der Waals surface area contributed by atoms with E-state index in [0.717, 1.165) is 32.5 Å². The van der Waals surface area contributed by atoms with Gasteiger partial charge in [-0.15, -0.1) is 0 Å². The van der Waals surface area contributed by atoms with Crippen LogP contribution in [0.25, 0.3) is 0 Å². The van der Waals surface area contributed by atoms with Crippen LogP contribution in [-0.2, 0) is 0 Å². The molecule has 0 spiro atoms. The number of ether oxygens (including phenoxy) is 1. The predicted octanol–water partition coefficient (Wildman–Crippen LogP) is 1.47. The van der Waals surface area contributed by atoms with E-state index in [1.165, 1.54) is 0 Å². The molecule has 1 aromatic carbocycles. The Bertz CT molecular complexity index is 519. The minimum absolute atomic E-state index is 0.145.